The monoisotopic (exact) mass is 524 g/mol. The topological polar surface area (TPSA) is 41.6 Å². The number of amides is 1. The molecule has 4 rings (SSSR count). The molecule has 1 amide bonds. The molecule has 1 aliphatic carbocycles. The highest BCUT2D eigenvalue weighted by atomic mass is 35.5. The van der Waals surface area contributed by atoms with Gasteiger partial charge in [-0.15, -0.1) is 0 Å². The lowest BCUT2D eigenvalue weighted by atomic mass is 9.94. The van der Waals surface area contributed by atoms with Gasteiger partial charge in [-0.25, -0.2) is 4.39 Å². The first-order valence-electron chi connectivity index (χ1n) is 11.9. The summed E-state index contributed by atoms with van der Waals surface area (Å²) in [5, 5.41) is 1.33. The molecule has 1 aliphatic heterocycles. The van der Waals surface area contributed by atoms with Gasteiger partial charge >= 0.3 is 0 Å². The maximum absolute atomic E-state index is 14.7. The first-order chi connectivity index (χ1) is 16.4. The van der Waals surface area contributed by atoms with Crippen molar-refractivity contribution in [2.75, 3.05) is 26.0 Å². The van der Waals surface area contributed by atoms with Crippen LogP contribution in [-0.2, 0) is 0 Å². The average molecular weight is 526 g/mol. The molecular formula is C26H31Cl2FN2O2S. The molecule has 34 heavy (non-hydrogen) atoms. The van der Waals surface area contributed by atoms with Gasteiger partial charge in [-0.2, -0.15) is 0 Å². The van der Waals surface area contributed by atoms with Gasteiger partial charge < -0.3 is 4.74 Å². The van der Waals surface area contributed by atoms with Crippen molar-refractivity contribution in [3.63, 3.8) is 0 Å². The van der Waals surface area contributed by atoms with Crippen LogP contribution in [0.5, 0.6) is 5.75 Å². The quantitative estimate of drug-likeness (QED) is 0.350. The maximum Gasteiger partial charge on any atom is 0.264 e. The fourth-order valence-electron chi connectivity index (χ4n) is 4.84. The number of rotatable bonds is 9. The highest BCUT2D eigenvalue weighted by Gasteiger charge is 2.30. The molecule has 4 nitrogen and oxygen atoms in total. The number of piperidine rings is 1. The number of ether oxygens (including phenoxy) is 1. The molecule has 0 aromatic heterocycles. The maximum atomic E-state index is 14.7. The Bertz CT molecular complexity index is 1010. The standard InChI is InChI=1S/C26H31Cl2FN2O2S/c1-3-24(18-10-19(27)12-20(28)11-18)31-8-6-16(7-9-31)15-33-25-14-23(29)22(26(32)30-34-2)13-21(25)17-4-5-17/h10-14,16-17,24H,3-9,15H2,1-2H3,(H,30,32). The third-order valence-electron chi connectivity index (χ3n) is 6.78. The van der Waals surface area contributed by atoms with E-state index < -0.39 is 11.7 Å². The van der Waals surface area contributed by atoms with E-state index in [0.29, 0.717) is 34.2 Å². The van der Waals surface area contributed by atoms with E-state index in [0.717, 1.165) is 56.3 Å². The lowest BCUT2D eigenvalue weighted by Crippen LogP contribution is -2.38. The molecule has 184 valence electrons. The van der Waals surface area contributed by atoms with Gasteiger partial charge in [0.25, 0.3) is 5.91 Å². The van der Waals surface area contributed by atoms with Crippen molar-refractivity contribution in [1.29, 1.82) is 0 Å². The van der Waals surface area contributed by atoms with Crippen LogP contribution in [0.3, 0.4) is 0 Å². The van der Waals surface area contributed by atoms with Crippen molar-refractivity contribution in [3.05, 3.63) is 62.9 Å². The van der Waals surface area contributed by atoms with Gasteiger partial charge in [0.15, 0.2) is 0 Å². The lowest BCUT2D eigenvalue weighted by Gasteiger charge is -2.37. The van der Waals surface area contributed by atoms with Crippen molar-refractivity contribution >= 4 is 41.1 Å². The van der Waals surface area contributed by atoms with Crippen LogP contribution in [0.2, 0.25) is 10.0 Å². The largest absolute Gasteiger partial charge is 0.493 e. The van der Waals surface area contributed by atoms with Gasteiger partial charge in [0.1, 0.15) is 11.6 Å². The van der Waals surface area contributed by atoms with Gasteiger partial charge in [0, 0.05) is 28.4 Å². The predicted octanol–water partition coefficient (Wildman–Crippen LogP) is 7.26. The molecule has 2 fully saturated rings. The van der Waals surface area contributed by atoms with Gasteiger partial charge in [-0.05, 0) is 92.4 Å². The zero-order valence-corrected chi connectivity index (χ0v) is 21.9. The Kier molecular flexibility index (Phi) is 8.67. The van der Waals surface area contributed by atoms with Crippen LogP contribution in [0.1, 0.15) is 72.5 Å². The first-order valence-corrected chi connectivity index (χ1v) is 13.9. The Balaban J connectivity index is 1.37. The van der Waals surface area contributed by atoms with Crippen LogP contribution in [0.4, 0.5) is 4.39 Å². The molecule has 2 aromatic carbocycles. The van der Waals surface area contributed by atoms with Crippen molar-refractivity contribution in [1.82, 2.24) is 9.62 Å². The second-order valence-electron chi connectivity index (χ2n) is 9.20. The van der Waals surface area contributed by atoms with E-state index >= 15 is 0 Å². The highest BCUT2D eigenvalue weighted by Crippen LogP contribution is 2.45. The van der Waals surface area contributed by atoms with Crippen LogP contribution in [-0.4, -0.2) is 36.8 Å². The van der Waals surface area contributed by atoms with Gasteiger partial charge in [0.2, 0.25) is 0 Å². The predicted molar refractivity (Wildman–Crippen MR) is 139 cm³/mol. The second-order valence-corrected chi connectivity index (χ2v) is 10.7. The van der Waals surface area contributed by atoms with E-state index in [1.807, 2.05) is 12.1 Å². The number of hydrogen-bond donors (Lipinski definition) is 1. The molecule has 8 heteroatoms. The molecule has 1 atom stereocenters. The van der Waals surface area contributed by atoms with Crippen LogP contribution < -0.4 is 9.46 Å². The summed E-state index contributed by atoms with van der Waals surface area (Å²) in [7, 11) is 0. The summed E-state index contributed by atoms with van der Waals surface area (Å²) in [5.74, 6) is 0.409. The molecule has 1 N–H and O–H groups in total. The summed E-state index contributed by atoms with van der Waals surface area (Å²) >= 11 is 13.6. The first kappa shape index (κ1) is 25.6. The second kappa shape index (κ2) is 11.5. The summed E-state index contributed by atoms with van der Waals surface area (Å²) < 4.78 is 23.4. The molecule has 0 spiro atoms. The number of halogens is 3. The molecule has 2 aliphatic rings. The Morgan fingerprint density at radius 2 is 1.82 bits per heavy atom. The summed E-state index contributed by atoms with van der Waals surface area (Å²) in [4.78, 5) is 14.7. The van der Waals surface area contributed by atoms with Crippen LogP contribution in [0.25, 0.3) is 0 Å². The summed E-state index contributed by atoms with van der Waals surface area (Å²) in [5.41, 5.74) is 2.20. The molecule has 2 aromatic rings. The number of carbonyl (C=O) groups is 1. The minimum absolute atomic E-state index is 0.0867. The Hall–Kier alpha value is -1.47. The SMILES string of the molecule is CCC(c1cc(Cl)cc(Cl)c1)N1CCC(COc2cc(F)c(C(=O)NSC)cc2C2CC2)CC1. The number of nitrogens with one attached hydrogen (secondary N) is 1. The zero-order valence-electron chi connectivity index (χ0n) is 19.6. The minimum Gasteiger partial charge on any atom is -0.493 e. The van der Waals surface area contributed by atoms with Crippen molar-refractivity contribution in [2.24, 2.45) is 5.92 Å². The Morgan fingerprint density at radius 1 is 1.15 bits per heavy atom. The lowest BCUT2D eigenvalue weighted by molar-refractivity contribution is 0.0979. The molecule has 1 saturated carbocycles. The summed E-state index contributed by atoms with van der Waals surface area (Å²) in [6, 6.07) is 9.14. The Morgan fingerprint density at radius 3 is 2.41 bits per heavy atom. The summed E-state index contributed by atoms with van der Waals surface area (Å²) in [6.07, 6.45) is 6.86. The smallest absolute Gasteiger partial charge is 0.264 e. The number of nitrogens with zero attached hydrogens (tertiary/aromatic N) is 1. The van der Waals surface area contributed by atoms with Gasteiger partial charge in [-0.1, -0.05) is 42.1 Å². The molecule has 0 bridgehead atoms. The van der Waals surface area contributed by atoms with Crippen LogP contribution in [0, 0.1) is 11.7 Å². The third kappa shape index (κ3) is 6.20. The molecular weight excluding hydrogens is 494 g/mol. The van der Waals surface area contributed by atoms with E-state index in [2.05, 4.69) is 16.5 Å². The highest BCUT2D eigenvalue weighted by molar-refractivity contribution is 7.97. The van der Waals surface area contributed by atoms with Crippen molar-refractivity contribution < 1.29 is 13.9 Å². The van der Waals surface area contributed by atoms with E-state index in [4.69, 9.17) is 27.9 Å². The number of carbonyl (C=O) groups excluding carboxylic acids is 1. The molecule has 1 unspecified atom stereocenters. The fourth-order valence-corrected chi connectivity index (χ4v) is 5.68. The normalized spacial score (nSPS) is 18.0. The average Bonchev–Trinajstić information content (AvgIpc) is 3.64. The zero-order chi connectivity index (χ0) is 24.2. The van der Waals surface area contributed by atoms with Crippen molar-refractivity contribution in [2.45, 2.75) is 51.0 Å². The number of benzene rings is 2. The van der Waals surface area contributed by atoms with Gasteiger partial charge in [0.05, 0.1) is 12.2 Å². The third-order valence-corrected chi connectivity index (χ3v) is 7.60. The molecule has 0 radical (unpaired) electrons. The summed E-state index contributed by atoms with van der Waals surface area (Å²) in [6.45, 7) is 4.68. The Labute approximate surface area is 215 Å². The minimum atomic E-state index is -0.535. The number of likely N-dealkylation sites (tertiary alicyclic amines) is 1. The van der Waals surface area contributed by atoms with E-state index in [-0.39, 0.29) is 11.6 Å². The molecule has 1 heterocycles. The van der Waals surface area contributed by atoms with Crippen LogP contribution in [0.15, 0.2) is 30.3 Å². The number of hydrogen-bond acceptors (Lipinski definition) is 4. The molecule has 1 saturated heterocycles. The van der Waals surface area contributed by atoms with Crippen molar-refractivity contribution in [3.8, 4) is 5.75 Å². The van der Waals surface area contributed by atoms with E-state index in [9.17, 15) is 9.18 Å². The van der Waals surface area contributed by atoms with E-state index in [1.54, 1.807) is 18.4 Å². The fraction of sp³-hybridized carbons (Fsp3) is 0.500. The van der Waals surface area contributed by atoms with E-state index in [1.165, 1.54) is 18.0 Å². The van der Waals surface area contributed by atoms with Gasteiger partial charge in [-0.3, -0.25) is 14.4 Å². The van der Waals surface area contributed by atoms with Crippen LogP contribution >= 0.6 is 35.1 Å².